The zero-order valence-electron chi connectivity index (χ0n) is 11.5. The summed E-state index contributed by atoms with van der Waals surface area (Å²) in [6, 6.07) is 2.31. The molecule has 1 fully saturated rings. The molecule has 0 spiro atoms. The molecular weight excluding hydrogens is 253 g/mol. The third-order valence-corrected chi connectivity index (χ3v) is 3.87. The van der Waals surface area contributed by atoms with E-state index in [1.54, 1.807) is 27.7 Å². The smallest absolute Gasteiger partial charge is 0.399 e. The summed E-state index contributed by atoms with van der Waals surface area (Å²) in [6.45, 7) is 6.72. The topological polar surface area (TPSA) is 38.7 Å². The molecule has 3 nitrogen and oxygen atoms in total. The zero-order valence-corrected chi connectivity index (χ0v) is 11.5. The van der Waals surface area contributed by atoms with Gasteiger partial charge in [0, 0.05) is 5.56 Å². The van der Waals surface area contributed by atoms with Crippen LogP contribution in [0.1, 0.15) is 33.3 Å². The summed E-state index contributed by atoms with van der Waals surface area (Å²) in [7, 11) is -1.11. The van der Waals surface area contributed by atoms with E-state index in [1.165, 1.54) is 6.07 Å². The Hall–Kier alpha value is -0.975. The van der Waals surface area contributed by atoms with Crippen molar-refractivity contribution in [2.45, 2.75) is 45.5 Å². The first-order valence-electron chi connectivity index (χ1n) is 6.13. The number of benzene rings is 1. The largest absolute Gasteiger partial charge is 0.500 e. The fourth-order valence-corrected chi connectivity index (χ4v) is 1.91. The number of aliphatic hydroxyl groups excluding tert-OH is 1. The lowest BCUT2D eigenvalue weighted by molar-refractivity contribution is 0.00578. The van der Waals surface area contributed by atoms with Crippen LogP contribution in [0.2, 0.25) is 0 Å². The first-order valence-corrected chi connectivity index (χ1v) is 6.13. The van der Waals surface area contributed by atoms with E-state index in [-0.39, 0.29) is 11.0 Å². The molecule has 0 saturated carbocycles. The van der Waals surface area contributed by atoms with Gasteiger partial charge in [-0.25, -0.2) is 8.78 Å². The SMILES string of the molecule is CC1(C)OB(c2c(F)ccc(CO)c2F)OC1(C)C. The molecule has 19 heavy (non-hydrogen) atoms. The lowest BCUT2D eigenvalue weighted by Crippen LogP contribution is -2.41. The number of halogens is 2. The van der Waals surface area contributed by atoms with Crippen molar-refractivity contribution in [3.63, 3.8) is 0 Å². The van der Waals surface area contributed by atoms with Crippen LogP contribution in [0, 0.1) is 11.6 Å². The van der Waals surface area contributed by atoms with Crippen LogP contribution in [-0.4, -0.2) is 23.4 Å². The third-order valence-electron chi connectivity index (χ3n) is 3.87. The molecule has 1 aliphatic heterocycles. The Morgan fingerprint density at radius 3 is 2.11 bits per heavy atom. The van der Waals surface area contributed by atoms with Crippen molar-refractivity contribution in [1.82, 2.24) is 0 Å². The second kappa shape index (κ2) is 4.54. The molecule has 1 saturated heterocycles. The lowest BCUT2D eigenvalue weighted by Gasteiger charge is -2.32. The van der Waals surface area contributed by atoms with E-state index >= 15 is 0 Å². The summed E-state index contributed by atoms with van der Waals surface area (Å²) >= 11 is 0. The molecule has 0 bridgehead atoms. The highest BCUT2D eigenvalue weighted by Crippen LogP contribution is 2.36. The second-order valence-corrected chi connectivity index (χ2v) is 5.68. The van der Waals surface area contributed by atoms with E-state index in [9.17, 15) is 8.78 Å². The normalized spacial score (nSPS) is 20.9. The lowest BCUT2D eigenvalue weighted by atomic mass is 9.77. The van der Waals surface area contributed by atoms with Crippen LogP contribution in [0.5, 0.6) is 0 Å². The quantitative estimate of drug-likeness (QED) is 0.832. The maximum absolute atomic E-state index is 14.1. The average Bonchev–Trinajstić information content (AvgIpc) is 2.48. The van der Waals surface area contributed by atoms with Gasteiger partial charge in [0.15, 0.2) is 0 Å². The highest BCUT2D eigenvalue weighted by Gasteiger charge is 2.53. The molecule has 0 unspecified atom stereocenters. The molecule has 1 aliphatic rings. The van der Waals surface area contributed by atoms with Gasteiger partial charge >= 0.3 is 7.12 Å². The second-order valence-electron chi connectivity index (χ2n) is 5.68. The van der Waals surface area contributed by atoms with E-state index in [0.717, 1.165) is 6.07 Å². The van der Waals surface area contributed by atoms with Gasteiger partial charge in [-0.2, -0.15) is 0 Å². The number of hydrogen-bond acceptors (Lipinski definition) is 3. The minimum Gasteiger partial charge on any atom is -0.399 e. The van der Waals surface area contributed by atoms with E-state index in [0.29, 0.717) is 0 Å². The maximum atomic E-state index is 14.1. The Labute approximate surface area is 111 Å². The van der Waals surface area contributed by atoms with Gasteiger partial charge in [0.1, 0.15) is 11.6 Å². The molecule has 1 aromatic carbocycles. The molecule has 0 atom stereocenters. The summed E-state index contributed by atoms with van der Waals surface area (Å²) in [5.41, 5.74) is -1.62. The van der Waals surface area contributed by atoms with Crippen LogP contribution in [0.15, 0.2) is 12.1 Å². The van der Waals surface area contributed by atoms with Crippen molar-refractivity contribution in [2.75, 3.05) is 0 Å². The van der Waals surface area contributed by atoms with E-state index in [1.807, 2.05) is 0 Å². The van der Waals surface area contributed by atoms with Gasteiger partial charge in [0.25, 0.3) is 0 Å². The fourth-order valence-electron chi connectivity index (χ4n) is 1.91. The number of hydrogen-bond donors (Lipinski definition) is 1. The van der Waals surface area contributed by atoms with Gasteiger partial charge in [-0.3, -0.25) is 0 Å². The van der Waals surface area contributed by atoms with Gasteiger partial charge in [-0.05, 0) is 33.8 Å². The molecule has 0 aliphatic carbocycles. The number of aliphatic hydroxyl groups is 1. The molecule has 1 aromatic rings. The molecule has 1 N–H and O–H groups in total. The molecule has 0 radical (unpaired) electrons. The molecular formula is C13H17BF2O3. The Bertz CT molecular complexity index is 487. The van der Waals surface area contributed by atoms with Crippen LogP contribution in [0.3, 0.4) is 0 Å². The Kier molecular flexibility index (Phi) is 3.45. The standard InChI is InChI=1S/C13H17BF2O3/c1-12(2)13(3,4)19-14(18-12)10-9(15)6-5-8(7-17)11(10)16/h5-6,17H,7H2,1-4H3. The minimum atomic E-state index is -1.11. The molecule has 1 heterocycles. The fraction of sp³-hybridized carbons (Fsp3) is 0.538. The zero-order chi connectivity index (χ0) is 14.4. The summed E-state index contributed by atoms with van der Waals surface area (Å²) in [4.78, 5) is 0. The molecule has 0 aromatic heterocycles. The summed E-state index contributed by atoms with van der Waals surface area (Å²) < 4.78 is 39.2. The first kappa shape index (κ1) is 14.4. The van der Waals surface area contributed by atoms with Crippen LogP contribution < -0.4 is 5.46 Å². The van der Waals surface area contributed by atoms with Gasteiger partial charge in [0.2, 0.25) is 0 Å². The van der Waals surface area contributed by atoms with Crippen molar-refractivity contribution in [1.29, 1.82) is 0 Å². The summed E-state index contributed by atoms with van der Waals surface area (Å²) in [5, 5.41) is 9.04. The summed E-state index contributed by atoms with van der Waals surface area (Å²) in [6.07, 6.45) is 0. The highest BCUT2D eigenvalue weighted by molar-refractivity contribution is 6.62. The van der Waals surface area contributed by atoms with Crippen molar-refractivity contribution in [3.8, 4) is 0 Å². The number of rotatable bonds is 2. The van der Waals surface area contributed by atoms with Crippen molar-refractivity contribution in [3.05, 3.63) is 29.3 Å². The van der Waals surface area contributed by atoms with Crippen molar-refractivity contribution < 1.29 is 23.2 Å². The van der Waals surface area contributed by atoms with Crippen LogP contribution in [-0.2, 0) is 15.9 Å². The predicted octanol–water partition coefficient (Wildman–Crippen LogP) is 1.76. The summed E-state index contributed by atoms with van der Waals surface area (Å²) in [5.74, 6) is -1.56. The van der Waals surface area contributed by atoms with Crippen LogP contribution in [0.4, 0.5) is 8.78 Å². The minimum absolute atomic E-state index is 0.0195. The van der Waals surface area contributed by atoms with Crippen molar-refractivity contribution >= 4 is 12.6 Å². The molecule has 2 rings (SSSR count). The van der Waals surface area contributed by atoms with Crippen molar-refractivity contribution in [2.24, 2.45) is 0 Å². The highest BCUT2D eigenvalue weighted by atomic mass is 19.1. The third kappa shape index (κ3) is 2.28. The van der Waals surface area contributed by atoms with E-state index in [4.69, 9.17) is 14.4 Å². The van der Waals surface area contributed by atoms with E-state index < -0.39 is 36.6 Å². The average molecular weight is 270 g/mol. The van der Waals surface area contributed by atoms with Gasteiger partial charge in [-0.1, -0.05) is 6.07 Å². The molecule has 104 valence electrons. The van der Waals surface area contributed by atoms with Gasteiger partial charge in [-0.15, -0.1) is 0 Å². The Morgan fingerprint density at radius 2 is 1.63 bits per heavy atom. The monoisotopic (exact) mass is 270 g/mol. The first-order chi connectivity index (χ1) is 8.69. The van der Waals surface area contributed by atoms with Gasteiger partial charge < -0.3 is 14.4 Å². The van der Waals surface area contributed by atoms with Gasteiger partial charge in [0.05, 0.1) is 23.3 Å². The Morgan fingerprint density at radius 1 is 1.11 bits per heavy atom. The van der Waals surface area contributed by atoms with Crippen LogP contribution in [0.25, 0.3) is 0 Å². The Balaban J connectivity index is 2.45. The maximum Gasteiger partial charge on any atom is 0.500 e. The predicted molar refractivity (Wildman–Crippen MR) is 68.0 cm³/mol. The van der Waals surface area contributed by atoms with E-state index in [2.05, 4.69) is 0 Å². The molecule has 0 amide bonds. The van der Waals surface area contributed by atoms with Crippen LogP contribution >= 0.6 is 0 Å². The molecule has 6 heteroatoms.